The first-order valence-electron chi connectivity index (χ1n) is 7.12. The molecule has 0 bridgehead atoms. The van der Waals surface area contributed by atoms with Gasteiger partial charge in [0.05, 0.1) is 18.3 Å². The number of likely N-dealkylation sites (tertiary alicyclic amines) is 1. The van der Waals surface area contributed by atoms with Gasteiger partial charge in [-0.05, 0) is 24.4 Å². The van der Waals surface area contributed by atoms with Crippen LogP contribution in [-0.2, 0) is 4.79 Å². The van der Waals surface area contributed by atoms with E-state index in [2.05, 4.69) is 23.3 Å². The second-order valence-electron chi connectivity index (χ2n) is 5.31. The maximum Gasteiger partial charge on any atom is 0.223 e. The number of ether oxygens (including phenoxy) is 1. The Labute approximate surface area is 124 Å². The molecular formula is C16H21N3O2. The van der Waals surface area contributed by atoms with Crippen LogP contribution in [0.2, 0.25) is 0 Å². The van der Waals surface area contributed by atoms with Crippen LogP contribution < -0.4 is 15.2 Å². The Hall–Kier alpha value is -2.17. The number of aryl methyl sites for hydroxylation is 1. The van der Waals surface area contributed by atoms with Gasteiger partial charge in [-0.15, -0.1) is 0 Å². The highest BCUT2D eigenvalue weighted by Crippen LogP contribution is 2.14. The van der Waals surface area contributed by atoms with E-state index in [0.29, 0.717) is 19.0 Å². The Morgan fingerprint density at radius 2 is 2.10 bits per heavy atom. The summed E-state index contributed by atoms with van der Waals surface area (Å²) in [4.78, 5) is 20.1. The average Bonchev–Trinajstić information content (AvgIpc) is 3.29. The fourth-order valence-electron chi connectivity index (χ4n) is 1.75. The molecule has 0 atom stereocenters. The largest absolute Gasteiger partial charge is 0.470 e. The highest BCUT2D eigenvalue weighted by atomic mass is 16.5. The predicted octanol–water partition coefficient (Wildman–Crippen LogP) is 0.629. The van der Waals surface area contributed by atoms with E-state index in [1.807, 2.05) is 6.92 Å². The van der Waals surface area contributed by atoms with Gasteiger partial charge in [-0.3, -0.25) is 9.79 Å². The first-order valence-corrected chi connectivity index (χ1v) is 7.12. The quantitative estimate of drug-likeness (QED) is 0.603. The summed E-state index contributed by atoms with van der Waals surface area (Å²) in [7, 11) is 0. The SMILES string of the molecule is C1CC1.C=N/C=c1/c(OC2CN(C=O)C2)ncc(C)c1=C. The van der Waals surface area contributed by atoms with Crippen LogP contribution in [-0.4, -0.2) is 42.2 Å². The summed E-state index contributed by atoms with van der Waals surface area (Å²) < 4.78 is 5.73. The lowest BCUT2D eigenvalue weighted by molar-refractivity contribution is -0.126. The number of rotatable bonds is 4. The summed E-state index contributed by atoms with van der Waals surface area (Å²) in [6.07, 6.45) is 8.61. The average molecular weight is 287 g/mol. The molecule has 1 saturated heterocycles. The van der Waals surface area contributed by atoms with Crippen molar-refractivity contribution in [1.82, 2.24) is 9.88 Å². The molecule has 0 radical (unpaired) electrons. The van der Waals surface area contributed by atoms with E-state index in [0.717, 1.165) is 22.4 Å². The van der Waals surface area contributed by atoms with Gasteiger partial charge < -0.3 is 9.64 Å². The zero-order valence-corrected chi connectivity index (χ0v) is 12.4. The number of aromatic nitrogens is 1. The van der Waals surface area contributed by atoms with Gasteiger partial charge >= 0.3 is 0 Å². The maximum atomic E-state index is 10.5. The molecule has 2 heterocycles. The van der Waals surface area contributed by atoms with Gasteiger partial charge in [0.25, 0.3) is 0 Å². The van der Waals surface area contributed by atoms with Crippen molar-refractivity contribution in [2.75, 3.05) is 13.1 Å². The highest BCUT2D eigenvalue weighted by Gasteiger charge is 2.27. The minimum absolute atomic E-state index is 0.0122. The van der Waals surface area contributed by atoms with Gasteiger partial charge in [-0.25, -0.2) is 4.98 Å². The zero-order chi connectivity index (χ0) is 15.2. The minimum atomic E-state index is -0.0122. The zero-order valence-electron chi connectivity index (χ0n) is 12.4. The lowest BCUT2D eigenvalue weighted by Gasteiger charge is -2.35. The van der Waals surface area contributed by atoms with Crippen LogP contribution in [0.25, 0.3) is 12.8 Å². The number of amides is 1. The molecular weight excluding hydrogens is 266 g/mol. The lowest BCUT2D eigenvalue weighted by atomic mass is 10.2. The summed E-state index contributed by atoms with van der Waals surface area (Å²) in [5, 5.41) is 1.58. The molecule has 2 aliphatic rings. The molecule has 1 aliphatic carbocycles. The second-order valence-corrected chi connectivity index (χ2v) is 5.31. The van der Waals surface area contributed by atoms with Crippen LogP contribution in [0.15, 0.2) is 11.2 Å². The Bertz CT molecular complexity index is 616. The van der Waals surface area contributed by atoms with E-state index in [4.69, 9.17) is 4.74 Å². The molecule has 0 spiro atoms. The number of hydrogen-bond donors (Lipinski definition) is 0. The van der Waals surface area contributed by atoms with E-state index in [1.165, 1.54) is 19.3 Å². The van der Waals surface area contributed by atoms with E-state index in [-0.39, 0.29) is 6.10 Å². The highest BCUT2D eigenvalue weighted by molar-refractivity contribution is 5.49. The molecule has 5 heteroatoms. The first kappa shape index (κ1) is 15.2. The van der Waals surface area contributed by atoms with Crippen LogP contribution in [0.5, 0.6) is 5.88 Å². The van der Waals surface area contributed by atoms with Crippen LogP contribution in [0, 0.1) is 6.92 Å². The summed E-state index contributed by atoms with van der Waals surface area (Å²) in [5.74, 6) is 0.494. The predicted molar refractivity (Wildman–Crippen MR) is 83.7 cm³/mol. The number of carbonyl (C=O) groups is 1. The van der Waals surface area contributed by atoms with Crippen molar-refractivity contribution in [1.29, 1.82) is 0 Å². The summed E-state index contributed by atoms with van der Waals surface area (Å²) in [6.45, 7) is 10.5. The fraction of sp³-hybridized carbons (Fsp3) is 0.438. The molecule has 0 unspecified atom stereocenters. The minimum Gasteiger partial charge on any atom is -0.470 e. The van der Waals surface area contributed by atoms with Crippen molar-refractivity contribution in [3.63, 3.8) is 0 Å². The molecule has 1 aliphatic heterocycles. The molecule has 0 aromatic carbocycles. The standard InChI is InChI=1S/C13H15N3O2.C3H6/c1-9-4-15-13(12(5-14-3)10(9)2)18-11-6-16(7-11)8-17;1-2-3-1/h4-5,8,11H,2-3,6-7H2,1H3;1-3H2/b12-5+;. The third kappa shape index (κ3) is 4.15. The normalized spacial score (nSPS) is 17.4. The number of carbonyl (C=O) groups excluding carboxylic acids is 1. The molecule has 2 fully saturated rings. The summed E-state index contributed by atoms with van der Waals surface area (Å²) in [5.41, 5.74) is 0.973. The lowest BCUT2D eigenvalue weighted by Crippen LogP contribution is -2.53. The number of hydrogen-bond acceptors (Lipinski definition) is 4. The third-order valence-corrected chi connectivity index (χ3v) is 3.28. The van der Waals surface area contributed by atoms with E-state index < -0.39 is 0 Å². The molecule has 112 valence electrons. The Morgan fingerprint density at radius 1 is 1.43 bits per heavy atom. The first-order chi connectivity index (χ1) is 10.2. The number of nitrogens with zero attached hydrogens (tertiary/aromatic N) is 3. The molecule has 1 aromatic heterocycles. The van der Waals surface area contributed by atoms with Gasteiger partial charge in [0, 0.05) is 12.4 Å². The summed E-state index contributed by atoms with van der Waals surface area (Å²) >= 11 is 0. The second kappa shape index (κ2) is 7.02. The monoisotopic (exact) mass is 287 g/mol. The van der Waals surface area contributed by atoms with Crippen LogP contribution >= 0.6 is 0 Å². The topological polar surface area (TPSA) is 54.8 Å². The van der Waals surface area contributed by atoms with Gasteiger partial charge in [-0.2, -0.15) is 0 Å². The van der Waals surface area contributed by atoms with Crippen molar-refractivity contribution in [2.45, 2.75) is 32.3 Å². The van der Waals surface area contributed by atoms with Gasteiger partial charge in [0.15, 0.2) is 0 Å². The number of aliphatic imine (C=N–C) groups is 1. The number of pyridine rings is 1. The molecule has 5 nitrogen and oxygen atoms in total. The molecule has 1 aromatic rings. The van der Waals surface area contributed by atoms with Gasteiger partial charge in [0.1, 0.15) is 6.10 Å². The van der Waals surface area contributed by atoms with Crippen molar-refractivity contribution in [3.05, 3.63) is 22.2 Å². The molecule has 1 amide bonds. The maximum absolute atomic E-state index is 10.5. The Kier molecular flexibility index (Phi) is 5.09. The molecule has 3 rings (SSSR count). The van der Waals surface area contributed by atoms with E-state index in [1.54, 1.807) is 17.3 Å². The van der Waals surface area contributed by atoms with E-state index in [9.17, 15) is 4.79 Å². The smallest absolute Gasteiger partial charge is 0.223 e. The van der Waals surface area contributed by atoms with Gasteiger partial charge in [0.2, 0.25) is 12.3 Å². The van der Waals surface area contributed by atoms with Crippen LogP contribution in [0.1, 0.15) is 24.8 Å². The molecule has 1 saturated carbocycles. The van der Waals surface area contributed by atoms with Gasteiger partial charge in [-0.1, -0.05) is 25.8 Å². The van der Waals surface area contributed by atoms with Crippen LogP contribution in [0.4, 0.5) is 0 Å². The van der Waals surface area contributed by atoms with E-state index >= 15 is 0 Å². The van der Waals surface area contributed by atoms with Crippen molar-refractivity contribution in [3.8, 4) is 5.88 Å². The molecule has 21 heavy (non-hydrogen) atoms. The van der Waals surface area contributed by atoms with Crippen molar-refractivity contribution >= 4 is 25.9 Å². The van der Waals surface area contributed by atoms with Crippen LogP contribution in [0.3, 0.4) is 0 Å². The third-order valence-electron chi connectivity index (χ3n) is 3.28. The van der Waals surface area contributed by atoms with Crippen molar-refractivity contribution < 1.29 is 9.53 Å². The fourth-order valence-corrected chi connectivity index (χ4v) is 1.75. The Balaban J connectivity index is 0.000000477. The molecule has 0 N–H and O–H groups in total. The Morgan fingerprint density at radius 3 is 2.62 bits per heavy atom. The van der Waals surface area contributed by atoms with Crippen molar-refractivity contribution in [2.24, 2.45) is 4.99 Å². The summed E-state index contributed by atoms with van der Waals surface area (Å²) in [6, 6.07) is 0.